The van der Waals surface area contributed by atoms with Crippen LogP contribution in [0.2, 0.25) is 0 Å². The van der Waals surface area contributed by atoms with Crippen molar-refractivity contribution in [3.63, 3.8) is 0 Å². The number of imide groups is 1. The Labute approximate surface area is 210 Å². The van der Waals surface area contributed by atoms with E-state index in [0.717, 1.165) is 23.1 Å². The predicted octanol–water partition coefficient (Wildman–Crippen LogP) is 3.69. The van der Waals surface area contributed by atoms with Gasteiger partial charge in [0.05, 0.1) is 11.8 Å². The zero-order valence-electron chi connectivity index (χ0n) is 20.4. The Morgan fingerprint density at radius 1 is 0.917 bits per heavy atom. The number of aryl methyl sites for hydroxylation is 2. The number of rotatable bonds is 7. The number of likely N-dealkylation sites (tertiary alicyclic amines) is 1. The molecule has 0 radical (unpaired) electrons. The number of hydrogen-bond acceptors (Lipinski definition) is 5. The molecule has 2 saturated carbocycles. The molecule has 6 nitrogen and oxygen atoms in total. The van der Waals surface area contributed by atoms with Gasteiger partial charge in [-0.2, -0.15) is 0 Å². The van der Waals surface area contributed by atoms with E-state index in [4.69, 9.17) is 4.74 Å². The normalized spacial score (nSPS) is 30.1. The van der Waals surface area contributed by atoms with Crippen molar-refractivity contribution in [2.24, 2.45) is 35.5 Å². The van der Waals surface area contributed by atoms with Crippen LogP contribution in [0.3, 0.4) is 0 Å². The maximum atomic E-state index is 13.7. The van der Waals surface area contributed by atoms with E-state index in [1.165, 1.54) is 4.90 Å². The van der Waals surface area contributed by atoms with E-state index in [-0.39, 0.29) is 47.7 Å². The molecule has 184 valence electrons. The third kappa shape index (κ3) is 3.62. The van der Waals surface area contributed by atoms with E-state index < -0.39 is 18.6 Å². The third-order valence-electron chi connectivity index (χ3n) is 8.73. The van der Waals surface area contributed by atoms with Crippen LogP contribution in [-0.4, -0.2) is 41.1 Å². The van der Waals surface area contributed by atoms with Crippen LogP contribution in [0.4, 0.5) is 0 Å². The number of nitrogens with zero attached hydrogens (tertiary/aromatic N) is 1. The molecule has 1 saturated heterocycles. The molecule has 7 rings (SSSR count). The van der Waals surface area contributed by atoms with Gasteiger partial charge in [0.15, 0.2) is 12.4 Å². The lowest BCUT2D eigenvalue weighted by atomic mass is 9.63. The maximum Gasteiger partial charge on any atom is 0.330 e. The Bertz CT molecular complexity index is 1260. The molecule has 2 amide bonds. The molecule has 3 fully saturated rings. The van der Waals surface area contributed by atoms with Crippen molar-refractivity contribution >= 4 is 23.6 Å². The summed E-state index contributed by atoms with van der Waals surface area (Å²) < 4.78 is 5.47. The van der Waals surface area contributed by atoms with Crippen LogP contribution in [0.1, 0.15) is 33.5 Å². The van der Waals surface area contributed by atoms with Gasteiger partial charge in [0, 0.05) is 12.0 Å². The van der Waals surface area contributed by atoms with Crippen LogP contribution in [0.15, 0.2) is 60.7 Å². The Hall–Kier alpha value is -3.54. The van der Waals surface area contributed by atoms with Gasteiger partial charge in [-0.15, -0.1) is 0 Å². The van der Waals surface area contributed by atoms with Gasteiger partial charge in [-0.05, 0) is 66.7 Å². The molecule has 2 aromatic carbocycles. The van der Waals surface area contributed by atoms with Gasteiger partial charge >= 0.3 is 5.97 Å². The van der Waals surface area contributed by atoms with Gasteiger partial charge in [0.25, 0.3) is 0 Å². The van der Waals surface area contributed by atoms with E-state index in [9.17, 15) is 19.2 Å². The quantitative estimate of drug-likeness (QED) is 0.260. The number of allylic oxidation sites excluding steroid dienone is 2. The number of ketones is 1. The molecule has 6 heteroatoms. The second kappa shape index (κ2) is 8.54. The third-order valence-corrected chi connectivity index (χ3v) is 8.73. The molecule has 5 aliphatic rings. The molecule has 2 aromatic rings. The lowest BCUT2D eigenvalue weighted by Gasteiger charge is -2.37. The lowest BCUT2D eigenvalue weighted by Crippen LogP contribution is -2.48. The summed E-state index contributed by atoms with van der Waals surface area (Å²) >= 11 is 0. The Morgan fingerprint density at radius 3 is 2.17 bits per heavy atom. The van der Waals surface area contributed by atoms with Gasteiger partial charge in [-0.1, -0.05) is 54.6 Å². The second-order valence-electron chi connectivity index (χ2n) is 10.7. The van der Waals surface area contributed by atoms with Crippen LogP contribution in [-0.2, 0) is 25.5 Å². The highest BCUT2D eigenvalue weighted by Gasteiger charge is 2.68. The van der Waals surface area contributed by atoms with Gasteiger partial charge in [0.2, 0.25) is 11.8 Å². The summed E-state index contributed by atoms with van der Waals surface area (Å²) in [6, 6.07) is 13.6. The second-order valence-corrected chi connectivity index (χ2v) is 10.7. The summed E-state index contributed by atoms with van der Waals surface area (Å²) in [6.07, 6.45) is 5.46. The van der Waals surface area contributed by atoms with Crippen molar-refractivity contribution in [2.45, 2.75) is 32.7 Å². The number of Topliss-reactive ketones (excluding diaryl/α,β-unsaturated/α-hetero) is 1. The molecule has 0 N–H and O–H groups in total. The zero-order valence-corrected chi connectivity index (χ0v) is 20.4. The largest absolute Gasteiger partial charge is 0.456 e. The van der Waals surface area contributed by atoms with E-state index in [0.29, 0.717) is 17.4 Å². The van der Waals surface area contributed by atoms with Crippen molar-refractivity contribution in [3.8, 4) is 0 Å². The summed E-state index contributed by atoms with van der Waals surface area (Å²) in [5.41, 5.74) is 3.33. The summed E-state index contributed by atoms with van der Waals surface area (Å²) in [5.74, 6) is -1.25. The molecule has 36 heavy (non-hydrogen) atoms. The monoisotopic (exact) mass is 483 g/mol. The smallest absolute Gasteiger partial charge is 0.330 e. The molecule has 0 aromatic heterocycles. The van der Waals surface area contributed by atoms with Crippen LogP contribution in [0, 0.1) is 49.4 Å². The number of hydrogen-bond donors (Lipinski definition) is 0. The lowest BCUT2D eigenvalue weighted by molar-refractivity contribution is -0.158. The molecule has 2 bridgehead atoms. The summed E-state index contributed by atoms with van der Waals surface area (Å²) in [4.78, 5) is 54.7. The fourth-order valence-corrected chi connectivity index (χ4v) is 6.64. The molecular formula is C30H29NO5. The number of esters is 1. The maximum absolute atomic E-state index is 13.7. The van der Waals surface area contributed by atoms with Crippen LogP contribution >= 0.6 is 0 Å². The Balaban J connectivity index is 1.24. The van der Waals surface area contributed by atoms with Gasteiger partial charge in [0.1, 0.15) is 6.04 Å². The highest BCUT2D eigenvalue weighted by atomic mass is 16.5. The SMILES string of the molecule is Cc1ccc(C(=O)COC(=O)[C@H](Cc2ccccc2)N2C(=O)[C@@H]3[C@H]4C=C[C@@H]([C@@H]5C[C@H]45)[C@@H]3C2=O)cc1C. The molecule has 0 spiro atoms. The number of carbonyl (C=O) groups excluding carboxylic acids is 4. The summed E-state index contributed by atoms with van der Waals surface area (Å²) in [6.45, 7) is 3.45. The first kappa shape index (κ1) is 22.9. The minimum Gasteiger partial charge on any atom is -0.456 e. The molecule has 0 unspecified atom stereocenters. The van der Waals surface area contributed by atoms with Crippen LogP contribution in [0.25, 0.3) is 0 Å². The standard InChI is InChI=1S/C30H29NO5/c1-16-8-9-19(12-17(16)2)25(32)15-36-30(35)24(13-18-6-4-3-5-7-18)31-28(33)26-20-10-11-21(23-14-22(20)23)27(26)29(31)34/h3-12,20-24,26-27H,13-15H2,1-2H3/t20-,21-,22-,23+,24-,26-,27+/m0/s1. The molecule has 1 heterocycles. The Kier molecular flexibility index (Phi) is 5.43. The van der Waals surface area contributed by atoms with E-state index in [2.05, 4.69) is 12.2 Å². The Morgan fingerprint density at radius 2 is 1.56 bits per heavy atom. The fourth-order valence-electron chi connectivity index (χ4n) is 6.64. The van der Waals surface area contributed by atoms with Crippen LogP contribution < -0.4 is 0 Å². The molecular weight excluding hydrogens is 454 g/mol. The highest BCUT2D eigenvalue weighted by Crippen LogP contribution is 2.65. The van der Waals surface area contributed by atoms with Crippen molar-refractivity contribution in [2.75, 3.05) is 6.61 Å². The van der Waals surface area contributed by atoms with Crippen molar-refractivity contribution in [1.29, 1.82) is 0 Å². The van der Waals surface area contributed by atoms with Gasteiger partial charge in [-0.3, -0.25) is 19.3 Å². The van der Waals surface area contributed by atoms with Gasteiger partial charge in [-0.25, -0.2) is 4.79 Å². The highest BCUT2D eigenvalue weighted by molar-refractivity contribution is 6.09. The average molecular weight is 484 g/mol. The molecule has 7 atom stereocenters. The predicted molar refractivity (Wildman–Crippen MR) is 132 cm³/mol. The van der Waals surface area contributed by atoms with E-state index >= 15 is 0 Å². The van der Waals surface area contributed by atoms with Crippen molar-refractivity contribution in [1.82, 2.24) is 4.90 Å². The number of benzene rings is 2. The first-order valence-corrected chi connectivity index (χ1v) is 12.7. The van der Waals surface area contributed by atoms with E-state index in [1.807, 2.05) is 50.2 Å². The first-order valence-electron chi connectivity index (χ1n) is 12.7. The number of carbonyl (C=O) groups is 4. The topological polar surface area (TPSA) is 80.8 Å². The minimum absolute atomic E-state index is 0.0752. The molecule has 4 aliphatic carbocycles. The summed E-state index contributed by atoms with van der Waals surface area (Å²) in [5, 5.41) is 0. The van der Waals surface area contributed by atoms with Crippen molar-refractivity contribution < 1.29 is 23.9 Å². The number of ether oxygens (including phenoxy) is 1. The fraction of sp³-hybridized carbons (Fsp3) is 0.400. The molecule has 1 aliphatic heterocycles. The van der Waals surface area contributed by atoms with Crippen LogP contribution in [0.5, 0.6) is 0 Å². The van der Waals surface area contributed by atoms with Crippen molar-refractivity contribution in [3.05, 3.63) is 82.9 Å². The van der Waals surface area contributed by atoms with Gasteiger partial charge < -0.3 is 4.74 Å². The summed E-state index contributed by atoms with van der Waals surface area (Å²) in [7, 11) is 0. The van der Waals surface area contributed by atoms with E-state index in [1.54, 1.807) is 12.1 Å². The minimum atomic E-state index is -1.10. The first-order chi connectivity index (χ1) is 17.3. The average Bonchev–Trinajstić information content (AvgIpc) is 3.67. The number of amides is 2. The zero-order chi connectivity index (χ0) is 25.1.